The number of nitrogens with zero attached hydrogens (tertiary/aromatic N) is 2. The Kier molecular flexibility index (Phi) is 11.3. The number of hydrogen-bond acceptors (Lipinski definition) is 6. The largest absolute Gasteiger partial charge is 0.377 e. The molecule has 2 aliphatic heterocycles. The summed E-state index contributed by atoms with van der Waals surface area (Å²) in [5, 5.41) is 4.49. The highest BCUT2D eigenvalue weighted by atomic mass is 16.5. The minimum absolute atomic E-state index is 0. The van der Waals surface area contributed by atoms with Gasteiger partial charge < -0.3 is 18.8 Å². The van der Waals surface area contributed by atoms with Gasteiger partial charge in [0.2, 0.25) is 5.76 Å². The zero-order valence-corrected chi connectivity index (χ0v) is 26.1. The number of amides is 1. The van der Waals surface area contributed by atoms with Crippen LogP contribution in [0.1, 0.15) is 87.1 Å². The molecule has 0 radical (unpaired) electrons. The van der Waals surface area contributed by atoms with Crippen molar-refractivity contribution in [1.82, 2.24) is 20.1 Å². The normalized spacial score (nSPS) is 20.3. The quantitative estimate of drug-likeness (QED) is 0.281. The van der Waals surface area contributed by atoms with E-state index in [1.54, 1.807) is 11.0 Å². The molecule has 2 spiro atoms. The minimum Gasteiger partial charge on any atom is -0.377 e. The van der Waals surface area contributed by atoms with Gasteiger partial charge in [-0.25, -0.2) is 0 Å². The van der Waals surface area contributed by atoms with Gasteiger partial charge >= 0.3 is 0 Å². The van der Waals surface area contributed by atoms with Crippen LogP contribution in [0, 0.1) is 10.8 Å². The van der Waals surface area contributed by atoms with Gasteiger partial charge in [-0.15, -0.1) is 0 Å². The third-order valence-corrected chi connectivity index (χ3v) is 9.81. The molecule has 9 heteroatoms. The average molecular weight is 629 g/mol. The second-order valence-corrected chi connectivity index (χ2v) is 12.6. The van der Waals surface area contributed by atoms with Crippen molar-refractivity contribution in [2.75, 3.05) is 26.2 Å². The van der Waals surface area contributed by atoms with Crippen molar-refractivity contribution < 1.29 is 13.8 Å². The van der Waals surface area contributed by atoms with E-state index >= 15 is 0 Å². The van der Waals surface area contributed by atoms with Gasteiger partial charge in [-0.3, -0.25) is 14.4 Å². The molecule has 246 valence electrons. The summed E-state index contributed by atoms with van der Waals surface area (Å²) in [6.45, 7) is 13.2. The lowest BCUT2D eigenvalue weighted by molar-refractivity contribution is 0.0692. The van der Waals surface area contributed by atoms with Crippen LogP contribution in [0.5, 0.6) is 0 Å². The van der Waals surface area contributed by atoms with Gasteiger partial charge in [0.15, 0.2) is 5.76 Å². The number of allylic oxidation sites excluding steroid dienone is 5. The molecule has 1 aromatic carbocycles. The smallest absolute Gasteiger partial charge is 0.292 e. The Morgan fingerprint density at radius 2 is 1.54 bits per heavy atom. The van der Waals surface area contributed by atoms with Gasteiger partial charge in [-0.05, 0) is 55.4 Å². The van der Waals surface area contributed by atoms with Crippen molar-refractivity contribution in [3.05, 3.63) is 124 Å². The number of carbonyl (C=O) groups is 1. The summed E-state index contributed by atoms with van der Waals surface area (Å²) in [4.78, 5) is 38.2. The van der Waals surface area contributed by atoms with Crippen molar-refractivity contribution in [2.45, 2.75) is 65.2 Å². The van der Waals surface area contributed by atoms with E-state index in [1.165, 1.54) is 56.2 Å². The molecule has 2 N–H and O–H groups in total. The van der Waals surface area contributed by atoms with Crippen molar-refractivity contribution in [2.24, 2.45) is 10.8 Å². The maximum atomic E-state index is 12.0. The van der Waals surface area contributed by atoms with E-state index in [1.807, 2.05) is 31.2 Å². The maximum Gasteiger partial charge on any atom is 0.292 e. The van der Waals surface area contributed by atoms with Crippen LogP contribution in [-0.2, 0) is 0 Å². The molecule has 9 nitrogen and oxygen atoms in total. The lowest BCUT2D eigenvalue weighted by atomic mass is 9.61. The molecule has 2 aliphatic carbocycles. The van der Waals surface area contributed by atoms with Gasteiger partial charge in [-0.2, -0.15) is 10.3 Å². The number of aromatic amines is 2. The van der Waals surface area contributed by atoms with Crippen LogP contribution in [0.3, 0.4) is 0 Å². The summed E-state index contributed by atoms with van der Waals surface area (Å²) in [5.41, 5.74) is 2.39. The highest BCUT2D eigenvalue weighted by Gasteiger charge is 2.51. The third-order valence-electron chi connectivity index (χ3n) is 9.81. The van der Waals surface area contributed by atoms with Crippen LogP contribution >= 0.6 is 0 Å². The Morgan fingerprint density at radius 3 is 2.04 bits per heavy atom. The monoisotopic (exact) mass is 628 g/mol. The molecule has 4 fully saturated rings. The number of likely N-dealkylation sites (tertiary alicyclic amines) is 2. The first-order chi connectivity index (χ1) is 21.8. The van der Waals surface area contributed by atoms with Crippen molar-refractivity contribution in [3.8, 4) is 0 Å². The lowest BCUT2D eigenvalue weighted by Crippen LogP contribution is -2.36. The number of nitrogens with one attached hydrogen (secondary N) is 2. The van der Waals surface area contributed by atoms with E-state index in [9.17, 15) is 14.4 Å². The topological polar surface area (TPSA) is 116 Å². The summed E-state index contributed by atoms with van der Waals surface area (Å²) in [5.74, 6) is 1.04. The molecule has 7 rings (SSSR count). The first-order valence-electron chi connectivity index (χ1n) is 15.8. The van der Waals surface area contributed by atoms with Crippen LogP contribution in [0.4, 0.5) is 0 Å². The van der Waals surface area contributed by atoms with Crippen LogP contribution in [-0.4, -0.2) is 52.2 Å². The van der Waals surface area contributed by atoms with Crippen LogP contribution in [0.25, 0.3) is 5.70 Å². The fourth-order valence-electron chi connectivity index (χ4n) is 7.03. The van der Waals surface area contributed by atoms with Crippen LogP contribution in [0.15, 0.2) is 105 Å². The fraction of sp³-hybridized carbons (Fsp3) is 0.432. The maximum absolute atomic E-state index is 12.0. The van der Waals surface area contributed by atoms with Crippen molar-refractivity contribution in [1.29, 1.82) is 0 Å². The first-order valence-corrected chi connectivity index (χ1v) is 15.8. The van der Waals surface area contributed by atoms with Gasteiger partial charge in [0.1, 0.15) is 0 Å². The predicted octanol–water partition coefficient (Wildman–Crippen LogP) is 7.13. The summed E-state index contributed by atoms with van der Waals surface area (Å²) in [7, 11) is 0. The van der Waals surface area contributed by atoms with E-state index in [0.717, 1.165) is 38.3 Å². The third kappa shape index (κ3) is 7.63. The number of benzene rings is 1. The number of hydrogen-bond donors (Lipinski definition) is 2. The molecule has 4 aliphatic rings. The Balaban J connectivity index is 0.000000176. The summed E-state index contributed by atoms with van der Waals surface area (Å²) in [6, 6.07) is 13.5. The predicted molar refractivity (Wildman–Crippen MR) is 182 cm³/mol. The highest BCUT2D eigenvalue weighted by molar-refractivity contribution is 5.91. The molecule has 4 heterocycles. The van der Waals surface area contributed by atoms with Gasteiger partial charge in [0.25, 0.3) is 17.0 Å². The molecule has 1 unspecified atom stereocenters. The molecular weight excluding hydrogens is 580 g/mol. The van der Waals surface area contributed by atoms with Crippen LogP contribution in [0.2, 0.25) is 0 Å². The molecule has 3 aromatic rings. The summed E-state index contributed by atoms with van der Waals surface area (Å²) >= 11 is 0. The standard InChI is InChI=1S/C18H20N2O2.C11H14N2O3.C7H10.CH4/c1-13(16-10-17(21)19-22-16)20-11-15(14-6-3-2-4-7-14)18(12-20)8-5-9-18;14-9-6-8(16-12-9)10(15)13-5-4-11(7-13)2-1-3-11;1-3-5-7-6-4-2;/h2-4,6-7,10,15H,1,5,8-9,11-12H2,(H,19,21);6H,1-5,7H2,(H,12,14);3-7H,1H2,2H3;1H4/b;;6-4-,7-5-;. The molecular formula is C37H48N4O5. The van der Waals surface area contributed by atoms with E-state index in [0.29, 0.717) is 22.5 Å². The second kappa shape index (κ2) is 15.2. The fourth-order valence-corrected chi connectivity index (χ4v) is 7.03. The highest BCUT2D eigenvalue weighted by Crippen LogP contribution is 2.56. The number of carbonyl (C=O) groups excluding carboxylic acids is 1. The zero-order chi connectivity index (χ0) is 31.9. The summed E-state index contributed by atoms with van der Waals surface area (Å²) in [6.07, 6.45) is 18.2. The number of rotatable bonds is 6. The Bertz CT molecular complexity index is 1630. The summed E-state index contributed by atoms with van der Waals surface area (Å²) < 4.78 is 10.1. The lowest BCUT2D eigenvalue weighted by Gasteiger charge is -2.43. The first kappa shape index (κ1) is 34.3. The second-order valence-electron chi connectivity index (χ2n) is 12.6. The molecule has 0 bridgehead atoms. The van der Waals surface area contributed by atoms with E-state index in [2.05, 4.69) is 58.7 Å². The minimum atomic E-state index is -0.360. The molecule has 1 amide bonds. The van der Waals surface area contributed by atoms with Crippen molar-refractivity contribution >= 4 is 11.6 Å². The Morgan fingerprint density at radius 1 is 0.891 bits per heavy atom. The molecule has 2 aromatic heterocycles. The van der Waals surface area contributed by atoms with E-state index in [4.69, 9.17) is 9.05 Å². The van der Waals surface area contributed by atoms with Crippen molar-refractivity contribution in [3.63, 3.8) is 0 Å². The van der Waals surface area contributed by atoms with Gasteiger partial charge in [-0.1, -0.05) is 94.1 Å². The molecule has 1 atom stereocenters. The number of H-pyrrole nitrogens is 2. The van der Waals surface area contributed by atoms with Gasteiger partial charge in [0, 0.05) is 32.1 Å². The Labute approximate surface area is 271 Å². The molecule has 46 heavy (non-hydrogen) atoms. The molecule has 2 saturated carbocycles. The number of aromatic nitrogens is 2. The average Bonchev–Trinajstić information content (AvgIpc) is 3.82. The van der Waals surface area contributed by atoms with E-state index < -0.39 is 0 Å². The van der Waals surface area contributed by atoms with Gasteiger partial charge in [0.05, 0.1) is 17.8 Å². The van der Waals surface area contributed by atoms with E-state index in [-0.39, 0.29) is 30.2 Å². The SMILES string of the molecule is C.C=C(c1cc(=O)[nH]o1)N1CC(c2ccccc2)C2(CCC2)C1.C=C/C=C\C=C/C.O=C(c1cc(=O)[nH]o1)N1CCC2(CCC2)C1. The molecule has 2 saturated heterocycles. The van der Waals surface area contributed by atoms with Crippen LogP contribution < -0.4 is 11.1 Å². The Hall–Kier alpha value is -4.53. The zero-order valence-electron chi connectivity index (χ0n) is 26.1.